The Bertz CT molecular complexity index is 896. The lowest BCUT2D eigenvalue weighted by Gasteiger charge is -2.03. The number of nitrogens with one attached hydrogen (secondary N) is 2. The minimum absolute atomic E-state index is 0.0595. The summed E-state index contributed by atoms with van der Waals surface area (Å²) in [5.41, 5.74) is 3.51. The molecule has 0 aliphatic carbocycles. The van der Waals surface area contributed by atoms with Gasteiger partial charge in [0.15, 0.2) is 10.9 Å². The molecule has 0 aliphatic rings. The molecule has 0 bridgehead atoms. The molecule has 7 heteroatoms. The van der Waals surface area contributed by atoms with E-state index in [0.29, 0.717) is 17.4 Å². The normalized spacial score (nSPS) is 10.5. The number of rotatable bonds is 5. The zero-order valence-corrected chi connectivity index (χ0v) is 14.6. The molecule has 0 spiro atoms. The van der Waals surface area contributed by atoms with E-state index in [1.807, 2.05) is 36.6 Å². The fraction of sp³-hybridized carbons (Fsp3) is 0.167. The van der Waals surface area contributed by atoms with E-state index in [1.54, 1.807) is 6.07 Å². The van der Waals surface area contributed by atoms with Gasteiger partial charge < -0.3 is 9.73 Å². The highest BCUT2D eigenvalue weighted by Gasteiger charge is 2.14. The van der Waals surface area contributed by atoms with E-state index in [2.05, 4.69) is 15.6 Å². The Morgan fingerprint density at radius 3 is 2.60 bits per heavy atom. The van der Waals surface area contributed by atoms with Crippen LogP contribution in [0, 0.1) is 6.92 Å². The van der Waals surface area contributed by atoms with Gasteiger partial charge in [0.25, 0.3) is 5.91 Å². The highest BCUT2D eigenvalue weighted by atomic mass is 32.1. The molecule has 2 N–H and O–H groups in total. The number of thiazole rings is 1. The van der Waals surface area contributed by atoms with Gasteiger partial charge in [0, 0.05) is 30.0 Å². The lowest BCUT2D eigenvalue weighted by molar-refractivity contribution is -0.119. The Labute approximate surface area is 148 Å². The van der Waals surface area contributed by atoms with Crippen LogP contribution in [-0.2, 0) is 11.3 Å². The maximum atomic E-state index is 12.1. The molecule has 0 saturated carbocycles. The third-order valence-electron chi connectivity index (χ3n) is 3.58. The summed E-state index contributed by atoms with van der Waals surface area (Å²) in [5, 5.41) is 7.90. The average Bonchev–Trinajstić information content (AvgIpc) is 3.22. The third-order valence-corrected chi connectivity index (χ3v) is 4.34. The molecule has 3 rings (SSSR count). The zero-order chi connectivity index (χ0) is 17.8. The van der Waals surface area contributed by atoms with E-state index in [9.17, 15) is 9.59 Å². The summed E-state index contributed by atoms with van der Waals surface area (Å²) < 4.78 is 5.18. The Hall–Kier alpha value is -2.93. The van der Waals surface area contributed by atoms with Crippen molar-refractivity contribution >= 4 is 28.3 Å². The van der Waals surface area contributed by atoms with Crippen molar-refractivity contribution in [2.75, 3.05) is 5.32 Å². The van der Waals surface area contributed by atoms with Gasteiger partial charge in [0.05, 0.1) is 12.0 Å². The molecule has 6 nitrogen and oxygen atoms in total. The molecule has 128 valence electrons. The molecule has 0 aliphatic heterocycles. The van der Waals surface area contributed by atoms with Gasteiger partial charge in [-0.15, -0.1) is 11.3 Å². The molecule has 0 radical (unpaired) electrons. The molecule has 0 fully saturated rings. The molecule has 0 atom stereocenters. The smallest absolute Gasteiger partial charge is 0.293 e. The number of anilines is 1. The number of nitrogens with zero attached hydrogens (tertiary/aromatic N) is 1. The van der Waals surface area contributed by atoms with Gasteiger partial charge in [-0.1, -0.05) is 24.3 Å². The number of amides is 2. The van der Waals surface area contributed by atoms with Gasteiger partial charge in [-0.05, 0) is 18.6 Å². The number of hydrogen-bond donors (Lipinski definition) is 2. The monoisotopic (exact) mass is 355 g/mol. The van der Waals surface area contributed by atoms with Gasteiger partial charge in [0.1, 0.15) is 0 Å². The molecular formula is C18H17N3O3S. The molecule has 2 amide bonds. The van der Waals surface area contributed by atoms with Crippen LogP contribution in [-0.4, -0.2) is 16.8 Å². The number of hydrogen-bond acceptors (Lipinski definition) is 5. The average molecular weight is 355 g/mol. The van der Waals surface area contributed by atoms with E-state index in [-0.39, 0.29) is 11.8 Å². The number of benzene rings is 1. The van der Waals surface area contributed by atoms with E-state index in [1.165, 1.54) is 24.5 Å². The van der Waals surface area contributed by atoms with Gasteiger partial charge >= 0.3 is 0 Å². The Balaban J connectivity index is 1.68. The van der Waals surface area contributed by atoms with Crippen molar-refractivity contribution in [1.82, 2.24) is 10.3 Å². The summed E-state index contributed by atoms with van der Waals surface area (Å²) in [7, 11) is 0. The van der Waals surface area contributed by atoms with Crippen molar-refractivity contribution in [2.45, 2.75) is 20.4 Å². The number of furan rings is 1. The van der Waals surface area contributed by atoms with Gasteiger partial charge in [-0.25, -0.2) is 4.98 Å². The first-order valence-electron chi connectivity index (χ1n) is 7.67. The van der Waals surface area contributed by atoms with Crippen LogP contribution in [0.15, 0.2) is 46.4 Å². The van der Waals surface area contributed by atoms with Crippen molar-refractivity contribution < 1.29 is 14.0 Å². The van der Waals surface area contributed by atoms with Crippen molar-refractivity contribution in [3.63, 3.8) is 0 Å². The van der Waals surface area contributed by atoms with Crippen LogP contribution in [0.5, 0.6) is 0 Å². The molecule has 3 aromatic rings. The van der Waals surface area contributed by atoms with Crippen LogP contribution < -0.4 is 10.6 Å². The minimum atomic E-state index is -0.311. The highest BCUT2D eigenvalue weighted by molar-refractivity contribution is 7.14. The second-order valence-electron chi connectivity index (χ2n) is 5.53. The zero-order valence-electron chi connectivity index (χ0n) is 13.8. The lowest BCUT2D eigenvalue weighted by atomic mass is 10.1. The van der Waals surface area contributed by atoms with E-state index < -0.39 is 0 Å². The summed E-state index contributed by atoms with van der Waals surface area (Å²) in [4.78, 5) is 27.5. The second-order valence-corrected chi connectivity index (χ2v) is 6.39. The predicted octanol–water partition coefficient (Wildman–Crippen LogP) is 3.60. The van der Waals surface area contributed by atoms with Crippen LogP contribution in [0.25, 0.3) is 11.3 Å². The second kappa shape index (κ2) is 7.31. The van der Waals surface area contributed by atoms with Crippen molar-refractivity contribution in [3.8, 4) is 11.3 Å². The summed E-state index contributed by atoms with van der Waals surface area (Å²) in [5.74, 6) is -0.0797. The maximum Gasteiger partial charge on any atom is 0.293 e. The number of aromatic nitrogens is 1. The molecule has 25 heavy (non-hydrogen) atoms. The standard InChI is InChI=1S/C18H17N3O3S/c1-11-7-8-24-16(11)17(23)21-18-20-15(10-25-18)14-5-3-13(4-6-14)9-19-12(2)22/h3-8,10H,9H2,1-2H3,(H,19,22)(H,20,21,23). The van der Waals surface area contributed by atoms with Crippen molar-refractivity contribution in [1.29, 1.82) is 0 Å². The van der Waals surface area contributed by atoms with Crippen LogP contribution in [0.4, 0.5) is 5.13 Å². The topological polar surface area (TPSA) is 84.2 Å². The summed E-state index contributed by atoms with van der Waals surface area (Å²) in [6, 6.07) is 9.50. The Kier molecular flexibility index (Phi) is 4.95. The largest absolute Gasteiger partial charge is 0.459 e. The van der Waals surface area contributed by atoms with Crippen molar-refractivity contribution in [2.24, 2.45) is 0 Å². The minimum Gasteiger partial charge on any atom is -0.459 e. The molecule has 0 saturated heterocycles. The maximum absolute atomic E-state index is 12.1. The third kappa shape index (κ3) is 4.13. The van der Waals surface area contributed by atoms with Crippen LogP contribution >= 0.6 is 11.3 Å². The molecule has 0 unspecified atom stereocenters. The Morgan fingerprint density at radius 2 is 1.96 bits per heavy atom. The molecule has 2 heterocycles. The fourth-order valence-electron chi connectivity index (χ4n) is 2.24. The van der Waals surface area contributed by atoms with E-state index in [4.69, 9.17) is 4.42 Å². The predicted molar refractivity (Wildman–Crippen MR) is 96.5 cm³/mol. The first-order valence-corrected chi connectivity index (χ1v) is 8.55. The van der Waals surface area contributed by atoms with Gasteiger partial charge in [-0.3, -0.25) is 14.9 Å². The number of aryl methyl sites for hydroxylation is 1. The van der Waals surface area contributed by atoms with Gasteiger partial charge in [-0.2, -0.15) is 0 Å². The van der Waals surface area contributed by atoms with E-state index >= 15 is 0 Å². The lowest BCUT2D eigenvalue weighted by Crippen LogP contribution is -2.18. The number of carbonyl (C=O) groups excluding carboxylic acids is 2. The first kappa shape index (κ1) is 16.9. The van der Waals surface area contributed by atoms with E-state index in [0.717, 1.165) is 22.4 Å². The first-order chi connectivity index (χ1) is 12.0. The molecular weight excluding hydrogens is 338 g/mol. The van der Waals surface area contributed by atoms with Crippen LogP contribution in [0.2, 0.25) is 0 Å². The molecule has 2 aromatic heterocycles. The highest BCUT2D eigenvalue weighted by Crippen LogP contribution is 2.25. The van der Waals surface area contributed by atoms with Crippen molar-refractivity contribution in [3.05, 3.63) is 58.9 Å². The van der Waals surface area contributed by atoms with Crippen LogP contribution in [0.1, 0.15) is 28.6 Å². The van der Waals surface area contributed by atoms with Gasteiger partial charge in [0.2, 0.25) is 5.91 Å². The summed E-state index contributed by atoms with van der Waals surface area (Å²) >= 11 is 1.35. The fourth-order valence-corrected chi connectivity index (χ4v) is 2.96. The van der Waals surface area contributed by atoms with Crippen LogP contribution in [0.3, 0.4) is 0 Å². The Morgan fingerprint density at radius 1 is 1.20 bits per heavy atom. The SMILES string of the molecule is CC(=O)NCc1ccc(-c2csc(NC(=O)c3occc3C)n2)cc1. The summed E-state index contributed by atoms with van der Waals surface area (Å²) in [6.07, 6.45) is 1.49. The quantitative estimate of drug-likeness (QED) is 0.732. The number of carbonyl (C=O) groups is 2. The molecule has 1 aromatic carbocycles. The summed E-state index contributed by atoms with van der Waals surface area (Å²) in [6.45, 7) is 3.80.